The predicted octanol–water partition coefficient (Wildman–Crippen LogP) is 0.277. The van der Waals surface area contributed by atoms with Crippen molar-refractivity contribution in [3.8, 4) is 0 Å². The van der Waals surface area contributed by atoms with Crippen molar-refractivity contribution in [3.05, 3.63) is 0 Å². The minimum atomic E-state index is -0.474. The van der Waals surface area contributed by atoms with Crippen LogP contribution in [0.5, 0.6) is 0 Å². The Balaban J connectivity index is 3.36. The summed E-state index contributed by atoms with van der Waals surface area (Å²) in [5, 5.41) is 0. The van der Waals surface area contributed by atoms with Gasteiger partial charge < -0.3 is 19.9 Å². The van der Waals surface area contributed by atoms with Gasteiger partial charge in [-0.3, -0.25) is 0 Å². The van der Waals surface area contributed by atoms with Crippen molar-refractivity contribution < 1.29 is 19.0 Å². The van der Waals surface area contributed by atoms with Gasteiger partial charge in [0.1, 0.15) is 19.0 Å². The third-order valence-electron chi connectivity index (χ3n) is 1.07. The highest BCUT2D eigenvalue weighted by molar-refractivity contribution is 5.71. The van der Waals surface area contributed by atoms with E-state index in [4.69, 9.17) is 19.9 Å². The third-order valence-corrected chi connectivity index (χ3v) is 1.07. The summed E-state index contributed by atoms with van der Waals surface area (Å²) in [5.41, 5.74) is 4.71. The fourth-order valence-corrected chi connectivity index (χ4v) is 0.697. The van der Waals surface area contributed by atoms with Crippen molar-refractivity contribution in [1.29, 1.82) is 0 Å². The average molecular weight is 205 g/mol. The Kier molecular flexibility index (Phi) is 6.44. The summed E-state index contributed by atoms with van der Waals surface area (Å²) >= 11 is 0. The molecule has 0 rings (SSSR count). The molecule has 0 aromatic heterocycles. The van der Waals surface area contributed by atoms with Crippen LogP contribution in [-0.4, -0.2) is 38.1 Å². The zero-order chi connectivity index (χ0) is 11.0. The van der Waals surface area contributed by atoms with Crippen LogP contribution < -0.4 is 5.73 Å². The van der Waals surface area contributed by atoms with Gasteiger partial charge in [0, 0.05) is 6.54 Å². The van der Waals surface area contributed by atoms with Gasteiger partial charge in [-0.25, -0.2) is 4.79 Å². The van der Waals surface area contributed by atoms with Crippen LogP contribution in [0, 0.1) is 0 Å². The van der Waals surface area contributed by atoms with Crippen LogP contribution in [0.2, 0.25) is 0 Å². The molecule has 84 valence electrons. The monoisotopic (exact) mass is 205 g/mol. The van der Waals surface area contributed by atoms with Gasteiger partial charge in [0.2, 0.25) is 0 Å². The molecular weight excluding hydrogens is 186 g/mol. The van der Waals surface area contributed by atoms with E-state index in [1.54, 1.807) is 20.8 Å². The second-order valence-corrected chi connectivity index (χ2v) is 3.75. The lowest BCUT2D eigenvalue weighted by molar-refractivity contribution is -0.165. The quantitative estimate of drug-likeness (QED) is 0.383. The molecule has 0 fully saturated rings. The van der Waals surface area contributed by atoms with E-state index in [2.05, 4.69) is 0 Å². The van der Waals surface area contributed by atoms with Crippen molar-refractivity contribution in [2.75, 3.05) is 26.6 Å². The largest absolute Gasteiger partial charge is 0.458 e. The molecule has 5 nitrogen and oxygen atoms in total. The van der Waals surface area contributed by atoms with Crippen molar-refractivity contribution >= 4 is 5.97 Å². The first-order chi connectivity index (χ1) is 6.45. The van der Waals surface area contributed by atoms with Crippen LogP contribution >= 0.6 is 0 Å². The molecule has 0 aliphatic heterocycles. The Morgan fingerprint density at radius 1 is 1.29 bits per heavy atom. The van der Waals surface area contributed by atoms with Crippen LogP contribution in [0.1, 0.15) is 20.8 Å². The predicted molar refractivity (Wildman–Crippen MR) is 51.7 cm³/mol. The molecule has 0 unspecified atom stereocenters. The maximum absolute atomic E-state index is 11.1. The molecule has 0 saturated heterocycles. The number of esters is 1. The first kappa shape index (κ1) is 13.4. The highest BCUT2D eigenvalue weighted by atomic mass is 16.7. The maximum Gasteiger partial charge on any atom is 0.332 e. The minimum absolute atomic E-state index is 0.0659. The Morgan fingerprint density at radius 3 is 2.43 bits per heavy atom. The number of ether oxygens (including phenoxy) is 3. The van der Waals surface area contributed by atoms with Gasteiger partial charge in [0.25, 0.3) is 0 Å². The summed E-state index contributed by atoms with van der Waals surface area (Å²) in [4.78, 5) is 11.1. The number of rotatable bonds is 6. The summed E-state index contributed by atoms with van der Waals surface area (Å²) in [5.74, 6) is -0.395. The number of hydrogen-bond acceptors (Lipinski definition) is 5. The van der Waals surface area contributed by atoms with Crippen LogP contribution in [0.4, 0.5) is 0 Å². The van der Waals surface area contributed by atoms with E-state index in [1.807, 2.05) is 0 Å². The van der Waals surface area contributed by atoms with Gasteiger partial charge in [-0.2, -0.15) is 0 Å². The lowest BCUT2D eigenvalue weighted by Crippen LogP contribution is -2.27. The Hall–Kier alpha value is -0.650. The molecular formula is C9H19NO4. The third kappa shape index (κ3) is 9.44. The molecule has 0 amide bonds. The molecule has 0 aliphatic carbocycles. The van der Waals surface area contributed by atoms with Crippen molar-refractivity contribution in [1.82, 2.24) is 0 Å². The van der Waals surface area contributed by atoms with Crippen molar-refractivity contribution in [2.24, 2.45) is 5.73 Å². The molecule has 14 heavy (non-hydrogen) atoms. The van der Waals surface area contributed by atoms with E-state index in [1.165, 1.54) is 0 Å². The fourth-order valence-electron chi connectivity index (χ4n) is 0.697. The fraction of sp³-hybridized carbons (Fsp3) is 0.889. The Bertz CT molecular complexity index is 165. The summed E-state index contributed by atoms with van der Waals surface area (Å²) in [6.07, 6.45) is 0. The SMILES string of the molecule is CC(C)(C)OC(=O)COCOCCN. The highest BCUT2D eigenvalue weighted by Crippen LogP contribution is 2.06. The van der Waals surface area contributed by atoms with E-state index in [9.17, 15) is 4.79 Å². The van der Waals surface area contributed by atoms with Crippen LogP contribution in [0.15, 0.2) is 0 Å². The van der Waals surface area contributed by atoms with E-state index < -0.39 is 11.6 Å². The number of carbonyl (C=O) groups is 1. The van der Waals surface area contributed by atoms with E-state index >= 15 is 0 Å². The van der Waals surface area contributed by atoms with Crippen LogP contribution in [-0.2, 0) is 19.0 Å². The van der Waals surface area contributed by atoms with Gasteiger partial charge in [-0.05, 0) is 20.8 Å². The first-order valence-corrected chi connectivity index (χ1v) is 4.53. The summed E-state index contributed by atoms with van der Waals surface area (Å²) in [6.45, 7) is 6.24. The van der Waals surface area contributed by atoms with Gasteiger partial charge in [-0.15, -0.1) is 0 Å². The average Bonchev–Trinajstić information content (AvgIpc) is 2.00. The van der Waals surface area contributed by atoms with Gasteiger partial charge >= 0.3 is 5.97 Å². The molecule has 0 saturated carbocycles. The van der Waals surface area contributed by atoms with Crippen molar-refractivity contribution in [2.45, 2.75) is 26.4 Å². The molecule has 0 heterocycles. The molecule has 0 radical (unpaired) electrons. The second kappa shape index (κ2) is 6.75. The maximum atomic E-state index is 11.1. The van der Waals surface area contributed by atoms with E-state index in [-0.39, 0.29) is 13.4 Å². The number of carbonyl (C=O) groups excluding carboxylic acids is 1. The summed E-state index contributed by atoms with van der Waals surface area (Å²) in [6, 6.07) is 0. The highest BCUT2D eigenvalue weighted by Gasteiger charge is 2.15. The zero-order valence-corrected chi connectivity index (χ0v) is 9.04. The van der Waals surface area contributed by atoms with E-state index in [0.717, 1.165) is 0 Å². The van der Waals surface area contributed by atoms with Gasteiger partial charge in [-0.1, -0.05) is 0 Å². The topological polar surface area (TPSA) is 70.8 Å². The summed E-state index contributed by atoms with van der Waals surface area (Å²) < 4.78 is 14.8. The summed E-state index contributed by atoms with van der Waals surface area (Å²) in [7, 11) is 0. The van der Waals surface area contributed by atoms with Gasteiger partial charge in [0.05, 0.1) is 6.61 Å². The lowest BCUT2D eigenvalue weighted by atomic mass is 10.2. The second-order valence-electron chi connectivity index (χ2n) is 3.75. The molecule has 0 atom stereocenters. The molecule has 0 aliphatic rings. The van der Waals surface area contributed by atoms with E-state index in [0.29, 0.717) is 13.2 Å². The molecule has 0 spiro atoms. The molecule has 2 N–H and O–H groups in total. The number of nitrogens with two attached hydrogens (primary N) is 1. The molecule has 0 bridgehead atoms. The smallest absolute Gasteiger partial charge is 0.332 e. The van der Waals surface area contributed by atoms with Crippen LogP contribution in [0.25, 0.3) is 0 Å². The Labute approximate surface area is 84.5 Å². The normalized spacial score (nSPS) is 11.4. The lowest BCUT2D eigenvalue weighted by Gasteiger charge is -2.19. The number of hydrogen-bond donors (Lipinski definition) is 1. The molecule has 5 heteroatoms. The first-order valence-electron chi connectivity index (χ1n) is 4.53. The molecule has 0 aromatic rings. The molecule has 0 aromatic carbocycles. The van der Waals surface area contributed by atoms with Crippen LogP contribution in [0.3, 0.4) is 0 Å². The standard InChI is InChI=1S/C9H19NO4/c1-9(2,3)14-8(11)6-13-7-12-5-4-10/h4-7,10H2,1-3H3. The Morgan fingerprint density at radius 2 is 1.93 bits per heavy atom. The van der Waals surface area contributed by atoms with Crippen molar-refractivity contribution in [3.63, 3.8) is 0 Å². The zero-order valence-electron chi connectivity index (χ0n) is 9.04. The minimum Gasteiger partial charge on any atom is -0.458 e. The van der Waals surface area contributed by atoms with Gasteiger partial charge in [0.15, 0.2) is 0 Å².